The first-order chi connectivity index (χ1) is 20.2. The summed E-state index contributed by atoms with van der Waals surface area (Å²) >= 11 is 13.5. The molecule has 0 spiro atoms. The molecule has 4 rings (SSSR count). The number of benzene rings is 4. The normalized spacial score (nSPS) is 11.9. The molecule has 42 heavy (non-hydrogen) atoms. The van der Waals surface area contributed by atoms with Crippen molar-refractivity contribution in [2.75, 3.05) is 10.6 Å². The zero-order valence-corrected chi connectivity index (χ0v) is 24.7. The summed E-state index contributed by atoms with van der Waals surface area (Å²) in [5.74, 6) is -1.94. The Balaban J connectivity index is 1.51. The van der Waals surface area contributed by atoms with E-state index in [0.717, 1.165) is 4.90 Å². The molecule has 0 aliphatic rings. The summed E-state index contributed by atoms with van der Waals surface area (Å²) in [6, 6.07) is 26.1. The van der Waals surface area contributed by atoms with Crippen molar-refractivity contribution in [3.8, 4) is 0 Å². The average molecular weight is 623 g/mol. The van der Waals surface area contributed by atoms with E-state index in [1.807, 2.05) is 13.0 Å². The van der Waals surface area contributed by atoms with Gasteiger partial charge in [-0.05, 0) is 67.1 Å². The number of anilines is 2. The molecule has 6 nitrogen and oxygen atoms in total. The van der Waals surface area contributed by atoms with E-state index in [1.165, 1.54) is 36.0 Å². The summed E-state index contributed by atoms with van der Waals surface area (Å²) < 4.78 is 14.4. The minimum atomic E-state index is -0.646. The summed E-state index contributed by atoms with van der Waals surface area (Å²) in [6.07, 6.45) is 1.81. The van der Waals surface area contributed by atoms with Gasteiger partial charge in [0.25, 0.3) is 11.8 Å². The van der Waals surface area contributed by atoms with Gasteiger partial charge in [-0.3, -0.25) is 14.4 Å². The fourth-order valence-electron chi connectivity index (χ4n) is 3.83. The van der Waals surface area contributed by atoms with E-state index >= 15 is 0 Å². The lowest BCUT2D eigenvalue weighted by molar-refractivity contribution is -0.116. The Morgan fingerprint density at radius 2 is 1.62 bits per heavy atom. The first-order valence-corrected chi connectivity index (χ1v) is 14.5. The number of carbonyl (C=O) groups excluding carboxylic acids is 3. The highest BCUT2D eigenvalue weighted by atomic mass is 35.5. The van der Waals surface area contributed by atoms with Crippen molar-refractivity contribution >= 4 is 70.1 Å². The van der Waals surface area contributed by atoms with Gasteiger partial charge < -0.3 is 16.0 Å². The number of halogens is 3. The predicted octanol–water partition coefficient (Wildman–Crippen LogP) is 8.05. The third-order valence-electron chi connectivity index (χ3n) is 5.96. The van der Waals surface area contributed by atoms with E-state index in [-0.39, 0.29) is 17.2 Å². The first kappa shape index (κ1) is 30.8. The molecule has 4 aromatic carbocycles. The van der Waals surface area contributed by atoms with Crippen LogP contribution in [0.1, 0.15) is 29.3 Å². The van der Waals surface area contributed by atoms with Crippen LogP contribution in [-0.4, -0.2) is 23.0 Å². The van der Waals surface area contributed by atoms with Crippen LogP contribution in [0.15, 0.2) is 108 Å². The third kappa shape index (κ3) is 8.45. The van der Waals surface area contributed by atoms with Gasteiger partial charge in [-0.1, -0.05) is 72.6 Å². The second kappa shape index (κ2) is 14.7. The Bertz CT molecular complexity index is 1630. The maximum Gasteiger partial charge on any atom is 0.272 e. The van der Waals surface area contributed by atoms with E-state index in [2.05, 4.69) is 16.0 Å². The number of rotatable bonds is 10. The monoisotopic (exact) mass is 621 g/mol. The summed E-state index contributed by atoms with van der Waals surface area (Å²) in [5.41, 5.74) is 1.22. The highest BCUT2D eigenvalue weighted by Gasteiger charge is 2.20. The number of hydrogen-bond acceptors (Lipinski definition) is 4. The Kier molecular flexibility index (Phi) is 10.8. The molecule has 10 heteroatoms. The number of nitrogens with one attached hydrogen (secondary N) is 3. The zero-order valence-electron chi connectivity index (χ0n) is 22.4. The van der Waals surface area contributed by atoms with E-state index in [1.54, 1.807) is 72.8 Å². The van der Waals surface area contributed by atoms with Crippen molar-refractivity contribution in [2.24, 2.45) is 0 Å². The van der Waals surface area contributed by atoms with E-state index in [9.17, 15) is 18.8 Å². The van der Waals surface area contributed by atoms with Crippen LogP contribution in [0.25, 0.3) is 6.08 Å². The second-order valence-corrected chi connectivity index (χ2v) is 11.1. The summed E-state index contributed by atoms with van der Waals surface area (Å²) in [4.78, 5) is 39.9. The second-order valence-electron chi connectivity index (χ2n) is 9.01. The summed E-state index contributed by atoms with van der Waals surface area (Å²) in [7, 11) is 0. The maximum atomic E-state index is 14.4. The average Bonchev–Trinajstić information content (AvgIpc) is 2.98. The van der Waals surface area contributed by atoms with Gasteiger partial charge in [0.1, 0.15) is 11.5 Å². The highest BCUT2D eigenvalue weighted by molar-refractivity contribution is 8.00. The van der Waals surface area contributed by atoms with Crippen LogP contribution in [0.2, 0.25) is 10.0 Å². The molecular weight excluding hydrogens is 596 g/mol. The van der Waals surface area contributed by atoms with Crippen LogP contribution < -0.4 is 16.0 Å². The molecule has 214 valence electrons. The molecule has 1 unspecified atom stereocenters. The smallest absolute Gasteiger partial charge is 0.272 e. The lowest BCUT2D eigenvalue weighted by Gasteiger charge is -2.16. The molecule has 0 radical (unpaired) electrons. The van der Waals surface area contributed by atoms with Crippen LogP contribution >= 0.6 is 35.0 Å². The molecule has 0 aromatic heterocycles. The van der Waals surface area contributed by atoms with E-state index in [4.69, 9.17) is 23.2 Å². The molecular formula is C32H26Cl2FN3O3S. The first-order valence-electron chi connectivity index (χ1n) is 12.9. The van der Waals surface area contributed by atoms with E-state index in [0.29, 0.717) is 33.4 Å². The summed E-state index contributed by atoms with van der Waals surface area (Å²) in [5, 5.41) is 8.53. The number of amides is 3. The lowest BCUT2D eigenvalue weighted by atomic mass is 10.1. The van der Waals surface area contributed by atoms with Gasteiger partial charge in [0.05, 0.1) is 16.0 Å². The minimum Gasteiger partial charge on any atom is -0.324 e. The molecule has 0 aliphatic heterocycles. The largest absolute Gasteiger partial charge is 0.324 e. The molecule has 0 bridgehead atoms. The van der Waals surface area contributed by atoms with Crippen LogP contribution in [0.3, 0.4) is 0 Å². The van der Waals surface area contributed by atoms with Crippen LogP contribution in [-0.2, 0) is 9.59 Å². The minimum absolute atomic E-state index is 0.137. The molecule has 0 fully saturated rings. The predicted molar refractivity (Wildman–Crippen MR) is 168 cm³/mol. The van der Waals surface area contributed by atoms with Gasteiger partial charge in [0, 0.05) is 26.7 Å². The Hall–Kier alpha value is -4.11. The quantitative estimate of drug-likeness (QED) is 0.123. The van der Waals surface area contributed by atoms with Crippen molar-refractivity contribution in [1.29, 1.82) is 0 Å². The van der Waals surface area contributed by atoms with Crippen molar-refractivity contribution in [2.45, 2.75) is 23.5 Å². The Morgan fingerprint density at radius 3 is 2.33 bits per heavy atom. The van der Waals surface area contributed by atoms with E-state index < -0.39 is 22.9 Å². The molecule has 3 amide bonds. The fraction of sp³-hybridized carbons (Fsp3) is 0.0938. The van der Waals surface area contributed by atoms with Crippen LogP contribution in [0, 0.1) is 5.82 Å². The molecule has 0 saturated carbocycles. The van der Waals surface area contributed by atoms with Gasteiger partial charge >= 0.3 is 0 Å². The standard InChI is InChI=1S/C32H26Cl2FN3O3S/c1-2-29(32(41)37-27-16-15-22(33)18-25(27)34)42-24-13-8-12-23(19-24)36-31(40)28(17-21-11-6-7-14-26(21)35)38-30(39)20-9-4-3-5-10-20/h3-19,29H,2H2,1H3,(H,36,40)(H,37,41)(H,38,39)/b28-17-. The molecule has 0 aliphatic carbocycles. The molecule has 1 atom stereocenters. The Labute approximate surface area is 257 Å². The van der Waals surface area contributed by atoms with Gasteiger partial charge in [0.15, 0.2) is 0 Å². The van der Waals surface area contributed by atoms with Crippen molar-refractivity contribution in [1.82, 2.24) is 5.32 Å². The van der Waals surface area contributed by atoms with Crippen molar-refractivity contribution in [3.05, 3.63) is 130 Å². The van der Waals surface area contributed by atoms with Crippen LogP contribution in [0.5, 0.6) is 0 Å². The topological polar surface area (TPSA) is 87.3 Å². The third-order valence-corrected chi connectivity index (χ3v) is 7.86. The number of hydrogen-bond donors (Lipinski definition) is 3. The molecule has 0 heterocycles. The zero-order chi connectivity index (χ0) is 30.1. The van der Waals surface area contributed by atoms with Gasteiger partial charge in [-0.2, -0.15) is 0 Å². The van der Waals surface area contributed by atoms with Gasteiger partial charge in [-0.15, -0.1) is 11.8 Å². The van der Waals surface area contributed by atoms with Crippen molar-refractivity contribution in [3.63, 3.8) is 0 Å². The molecule has 3 N–H and O–H groups in total. The fourth-order valence-corrected chi connectivity index (χ4v) is 5.30. The SMILES string of the molecule is CCC(Sc1cccc(NC(=O)/C(=C/c2ccccc2F)NC(=O)c2ccccc2)c1)C(=O)Nc1ccc(Cl)cc1Cl. The number of thioether (sulfide) groups is 1. The van der Waals surface area contributed by atoms with Gasteiger partial charge in [0.2, 0.25) is 5.91 Å². The Morgan fingerprint density at radius 1 is 0.881 bits per heavy atom. The maximum absolute atomic E-state index is 14.4. The number of carbonyl (C=O) groups is 3. The molecule has 4 aromatic rings. The van der Waals surface area contributed by atoms with Gasteiger partial charge in [-0.25, -0.2) is 4.39 Å². The van der Waals surface area contributed by atoms with Crippen molar-refractivity contribution < 1.29 is 18.8 Å². The molecule has 0 saturated heterocycles. The highest BCUT2D eigenvalue weighted by Crippen LogP contribution is 2.31. The van der Waals surface area contributed by atoms with Crippen LogP contribution in [0.4, 0.5) is 15.8 Å². The summed E-state index contributed by atoms with van der Waals surface area (Å²) in [6.45, 7) is 1.89. The lowest BCUT2D eigenvalue weighted by Crippen LogP contribution is -2.30.